The van der Waals surface area contributed by atoms with Crippen molar-refractivity contribution in [1.29, 1.82) is 0 Å². The zero-order valence-corrected chi connectivity index (χ0v) is 30.3. The van der Waals surface area contributed by atoms with Gasteiger partial charge in [-0.3, -0.25) is 0 Å². The van der Waals surface area contributed by atoms with Gasteiger partial charge < -0.3 is 43.4 Å². The van der Waals surface area contributed by atoms with Crippen molar-refractivity contribution in [1.82, 2.24) is 0 Å². The van der Waals surface area contributed by atoms with Crippen LogP contribution in [0.3, 0.4) is 0 Å². The molecule has 8 saturated heterocycles. The summed E-state index contributed by atoms with van der Waals surface area (Å²) in [6.45, 7) is 21.5. The summed E-state index contributed by atoms with van der Waals surface area (Å²) in [5.41, 5.74) is 2.33. The highest BCUT2D eigenvalue weighted by Crippen LogP contribution is 2.54. The van der Waals surface area contributed by atoms with Crippen LogP contribution in [-0.4, -0.2) is 102 Å². The van der Waals surface area contributed by atoms with Crippen LogP contribution in [-0.2, 0) is 33.2 Å². The van der Waals surface area contributed by atoms with E-state index in [0.29, 0.717) is 24.2 Å². The van der Waals surface area contributed by atoms with E-state index in [2.05, 4.69) is 47.4 Å². The second-order valence-corrected chi connectivity index (χ2v) is 16.6. The van der Waals surface area contributed by atoms with E-state index in [9.17, 15) is 10.2 Å². The Morgan fingerprint density at radius 1 is 0.857 bits per heavy atom. The Balaban J connectivity index is 0.908. The first-order valence-corrected chi connectivity index (χ1v) is 19.4. The molecule has 0 saturated carbocycles. The molecular formula is C40H62O9. The molecule has 8 rings (SSSR count). The van der Waals surface area contributed by atoms with E-state index in [4.69, 9.17) is 33.2 Å². The Morgan fingerprint density at radius 3 is 2.37 bits per heavy atom. The molecule has 8 heterocycles. The van der Waals surface area contributed by atoms with Gasteiger partial charge in [0.05, 0.1) is 67.6 Å². The lowest BCUT2D eigenvalue weighted by molar-refractivity contribution is -0.262. The van der Waals surface area contributed by atoms with Crippen molar-refractivity contribution in [2.45, 2.75) is 183 Å². The molecule has 0 spiro atoms. The first-order chi connectivity index (χ1) is 23.5. The minimum Gasteiger partial charge on any atom is -0.394 e. The fourth-order valence-corrected chi connectivity index (χ4v) is 10.4. The SMILES string of the molecule is C=CCC1OC2C3OC4(CCC5CC(=C)C(CCC6CC(C)C(=C)C(CC7OC(CC(O)CO)C(C)C7CC)O6)O5)CC3OC2C(O4)C1C. The van der Waals surface area contributed by atoms with E-state index < -0.39 is 11.9 Å². The Bertz CT molecular complexity index is 1210. The molecular weight excluding hydrogens is 624 g/mol. The molecule has 0 aromatic heterocycles. The van der Waals surface area contributed by atoms with E-state index in [1.807, 2.05) is 6.08 Å². The summed E-state index contributed by atoms with van der Waals surface area (Å²) >= 11 is 0. The van der Waals surface area contributed by atoms with E-state index in [1.165, 1.54) is 5.57 Å². The molecule has 0 aromatic carbocycles. The quantitative estimate of drug-likeness (QED) is 0.219. The molecule has 0 aromatic rings. The smallest absolute Gasteiger partial charge is 0.172 e. The zero-order valence-electron chi connectivity index (χ0n) is 30.3. The Labute approximate surface area is 293 Å². The summed E-state index contributed by atoms with van der Waals surface area (Å²) in [6.07, 6.45) is 10.3. The van der Waals surface area contributed by atoms with Crippen LogP contribution in [0.2, 0.25) is 0 Å². The molecule has 8 aliphatic heterocycles. The van der Waals surface area contributed by atoms with Crippen LogP contribution in [0.15, 0.2) is 37.0 Å². The second-order valence-electron chi connectivity index (χ2n) is 16.6. The van der Waals surface area contributed by atoms with Gasteiger partial charge in [0, 0.05) is 31.6 Å². The third kappa shape index (κ3) is 7.03. The molecule has 9 heteroatoms. The molecule has 18 unspecified atom stereocenters. The van der Waals surface area contributed by atoms with Gasteiger partial charge in [0.25, 0.3) is 0 Å². The van der Waals surface area contributed by atoms with Crippen LogP contribution in [0.25, 0.3) is 0 Å². The van der Waals surface area contributed by atoms with Crippen molar-refractivity contribution >= 4 is 0 Å². The number of hydrogen-bond acceptors (Lipinski definition) is 9. The van der Waals surface area contributed by atoms with Gasteiger partial charge in [-0.1, -0.05) is 53.3 Å². The summed E-state index contributed by atoms with van der Waals surface area (Å²) < 4.78 is 46.5. The largest absolute Gasteiger partial charge is 0.394 e. The van der Waals surface area contributed by atoms with Gasteiger partial charge >= 0.3 is 0 Å². The van der Waals surface area contributed by atoms with Gasteiger partial charge in [-0.15, -0.1) is 6.58 Å². The van der Waals surface area contributed by atoms with Crippen molar-refractivity contribution in [3.8, 4) is 0 Å². The fraction of sp³-hybridized carbons (Fsp3) is 0.850. The molecule has 6 bridgehead atoms. The van der Waals surface area contributed by atoms with Crippen molar-refractivity contribution in [2.75, 3.05) is 6.61 Å². The van der Waals surface area contributed by atoms with Crippen LogP contribution in [0, 0.1) is 23.7 Å². The summed E-state index contributed by atoms with van der Waals surface area (Å²) in [7, 11) is 0. The van der Waals surface area contributed by atoms with E-state index in [-0.39, 0.29) is 85.8 Å². The average molecular weight is 687 g/mol. The highest BCUT2D eigenvalue weighted by molar-refractivity contribution is 5.14. The van der Waals surface area contributed by atoms with Crippen LogP contribution >= 0.6 is 0 Å². The van der Waals surface area contributed by atoms with Gasteiger partial charge in [0.15, 0.2) is 5.79 Å². The minimum atomic E-state index is -0.747. The number of hydrogen-bond donors (Lipinski definition) is 2. The third-order valence-electron chi connectivity index (χ3n) is 13.4. The first-order valence-electron chi connectivity index (χ1n) is 19.4. The minimum absolute atomic E-state index is 0.0248. The highest BCUT2D eigenvalue weighted by atomic mass is 16.8. The van der Waals surface area contributed by atoms with Gasteiger partial charge in [-0.2, -0.15) is 0 Å². The zero-order chi connectivity index (χ0) is 34.6. The number of aliphatic hydroxyl groups excluding tert-OH is 2. The maximum atomic E-state index is 10.1. The predicted octanol–water partition coefficient (Wildman–Crippen LogP) is 5.80. The van der Waals surface area contributed by atoms with Gasteiger partial charge in [0.2, 0.25) is 0 Å². The average Bonchev–Trinajstić information content (AvgIpc) is 3.74. The van der Waals surface area contributed by atoms with Crippen LogP contribution in [0.4, 0.5) is 0 Å². The van der Waals surface area contributed by atoms with Crippen LogP contribution < -0.4 is 0 Å². The lowest BCUT2D eigenvalue weighted by Crippen LogP contribution is -2.54. The van der Waals surface area contributed by atoms with Gasteiger partial charge in [0.1, 0.15) is 18.3 Å². The highest BCUT2D eigenvalue weighted by Gasteiger charge is 2.67. The van der Waals surface area contributed by atoms with Crippen molar-refractivity contribution in [3.05, 3.63) is 37.0 Å². The number of aliphatic hydroxyl groups is 2. The Kier molecular flexibility index (Phi) is 10.9. The third-order valence-corrected chi connectivity index (χ3v) is 13.4. The first kappa shape index (κ1) is 36.2. The lowest BCUT2D eigenvalue weighted by Gasteiger charge is -2.42. The van der Waals surface area contributed by atoms with E-state index in [0.717, 1.165) is 69.8 Å². The van der Waals surface area contributed by atoms with Crippen molar-refractivity contribution in [2.24, 2.45) is 23.7 Å². The fourth-order valence-electron chi connectivity index (χ4n) is 10.4. The number of rotatable bonds is 14. The van der Waals surface area contributed by atoms with E-state index >= 15 is 0 Å². The normalized spacial score (nSPS) is 49.5. The molecule has 2 N–H and O–H groups in total. The molecule has 0 amide bonds. The summed E-state index contributed by atoms with van der Waals surface area (Å²) in [5.74, 6) is 0.644. The summed E-state index contributed by atoms with van der Waals surface area (Å²) in [6, 6.07) is 0. The monoisotopic (exact) mass is 686 g/mol. The number of ether oxygens (including phenoxy) is 7. The molecule has 18 atom stereocenters. The molecule has 0 aliphatic carbocycles. The summed E-state index contributed by atoms with van der Waals surface area (Å²) in [5, 5.41) is 19.5. The molecule has 9 nitrogen and oxygen atoms in total. The maximum Gasteiger partial charge on any atom is 0.172 e. The van der Waals surface area contributed by atoms with E-state index in [1.54, 1.807) is 0 Å². The summed E-state index contributed by atoms with van der Waals surface area (Å²) in [4.78, 5) is 0. The predicted molar refractivity (Wildman–Crippen MR) is 185 cm³/mol. The molecule has 8 aliphatic rings. The van der Waals surface area contributed by atoms with Crippen molar-refractivity contribution in [3.63, 3.8) is 0 Å². The van der Waals surface area contributed by atoms with Gasteiger partial charge in [-0.25, -0.2) is 0 Å². The molecule has 49 heavy (non-hydrogen) atoms. The Morgan fingerprint density at radius 2 is 1.61 bits per heavy atom. The molecule has 0 radical (unpaired) electrons. The topological polar surface area (TPSA) is 105 Å². The second kappa shape index (κ2) is 14.7. The lowest BCUT2D eigenvalue weighted by atomic mass is 9.80. The van der Waals surface area contributed by atoms with Crippen LogP contribution in [0.1, 0.15) is 98.3 Å². The molecule has 8 fully saturated rings. The van der Waals surface area contributed by atoms with Gasteiger partial charge in [-0.05, 0) is 67.4 Å². The maximum absolute atomic E-state index is 10.1. The standard InChI is InChI=1S/C40H62O9/c1-8-10-31-25(7)36-38-39(46-31)37-35(47-38)19-40(48-36,49-37)14-13-28-16-22(4)30(43-28)12-11-27-15-21(3)23(5)33(44-27)18-34-29(9-2)24(6)32(45-34)17-26(42)20-41/h8,21,24-39,41-42H,1,4-5,9-20H2,2-3,6-7H3. The van der Waals surface area contributed by atoms with Crippen molar-refractivity contribution < 1.29 is 43.4 Å². The Hall–Kier alpha value is -1.14. The van der Waals surface area contributed by atoms with Crippen LogP contribution in [0.5, 0.6) is 0 Å². The molecule has 276 valence electrons.